The lowest BCUT2D eigenvalue weighted by atomic mass is 10.2. The van der Waals surface area contributed by atoms with Crippen molar-refractivity contribution in [1.29, 1.82) is 0 Å². The van der Waals surface area contributed by atoms with Crippen LogP contribution in [0, 0.1) is 0 Å². The Kier molecular flexibility index (Phi) is 3.05. The zero-order valence-corrected chi connectivity index (χ0v) is 9.22. The molecule has 2 rings (SSSR count). The molecule has 5 heteroatoms. The van der Waals surface area contributed by atoms with E-state index in [4.69, 9.17) is 10.5 Å². The third-order valence-corrected chi connectivity index (χ3v) is 2.56. The zero-order chi connectivity index (χ0) is 11.5. The summed E-state index contributed by atoms with van der Waals surface area (Å²) in [6.07, 6.45) is 1.64. The maximum Gasteiger partial charge on any atom is 0.254 e. The number of morpholine rings is 1. The summed E-state index contributed by atoms with van der Waals surface area (Å²) < 4.78 is 5.39. The van der Waals surface area contributed by atoms with E-state index in [1.54, 1.807) is 23.2 Å². The summed E-state index contributed by atoms with van der Waals surface area (Å²) >= 11 is 0. The number of pyridine rings is 1. The molecule has 0 aliphatic carbocycles. The van der Waals surface area contributed by atoms with Crippen molar-refractivity contribution < 1.29 is 9.53 Å². The van der Waals surface area contributed by atoms with Gasteiger partial charge < -0.3 is 15.4 Å². The number of ether oxygens (including phenoxy) is 1. The van der Waals surface area contributed by atoms with Gasteiger partial charge in [-0.15, -0.1) is 0 Å². The highest BCUT2D eigenvalue weighted by molar-refractivity contribution is 5.94. The van der Waals surface area contributed by atoms with Crippen molar-refractivity contribution in [2.24, 2.45) is 0 Å². The molecule has 2 N–H and O–H groups in total. The number of hydrogen-bond acceptors (Lipinski definition) is 4. The molecule has 1 amide bonds. The molecule has 0 aromatic carbocycles. The summed E-state index contributed by atoms with van der Waals surface area (Å²) in [6.45, 7) is 3.81. The predicted octanol–water partition coefficient (Wildman–Crippen LogP) is 0.525. The standard InChI is InChI=1S/C11H15N3O2/c1-8-7-14(4-5-16-8)11(15)9-2-3-13-10(12)6-9/h2-3,6,8H,4-5,7H2,1H3,(H2,12,13). The topological polar surface area (TPSA) is 68.5 Å². The van der Waals surface area contributed by atoms with Crippen molar-refractivity contribution in [3.05, 3.63) is 23.9 Å². The second-order valence-corrected chi connectivity index (χ2v) is 3.90. The Balaban J connectivity index is 2.12. The van der Waals surface area contributed by atoms with Crippen LogP contribution in [0.1, 0.15) is 17.3 Å². The molecule has 86 valence electrons. The van der Waals surface area contributed by atoms with Crippen LogP contribution in [0.25, 0.3) is 0 Å². The van der Waals surface area contributed by atoms with Gasteiger partial charge in [0.2, 0.25) is 0 Å². The summed E-state index contributed by atoms with van der Waals surface area (Å²) in [4.78, 5) is 17.7. The summed E-state index contributed by atoms with van der Waals surface area (Å²) in [5, 5.41) is 0. The number of anilines is 1. The highest BCUT2D eigenvalue weighted by atomic mass is 16.5. The first-order valence-electron chi connectivity index (χ1n) is 5.29. The van der Waals surface area contributed by atoms with Gasteiger partial charge in [-0.25, -0.2) is 4.98 Å². The lowest BCUT2D eigenvalue weighted by molar-refractivity contribution is -0.0124. The Labute approximate surface area is 94.2 Å². The Morgan fingerprint density at radius 1 is 1.69 bits per heavy atom. The summed E-state index contributed by atoms with van der Waals surface area (Å²) in [7, 11) is 0. The molecule has 0 spiro atoms. The van der Waals surface area contributed by atoms with E-state index in [1.165, 1.54) is 0 Å². The second-order valence-electron chi connectivity index (χ2n) is 3.90. The molecule has 1 aromatic heterocycles. The molecule has 1 atom stereocenters. The van der Waals surface area contributed by atoms with Crippen LogP contribution in [0.5, 0.6) is 0 Å². The molecule has 0 saturated carbocycles. The van der Waals surface area contributed by atoms with E-state index in [2.05, 4.69) is 4.98 Å². The minimum absolute atomic E-state index is 0.00995. The number of hydrogen-bond donors (Lipinski definition) is 1. The van der Waals surface area contributed by atoms with Crippen LogP contribution < -0.4 is 5.73 Å². The van der Waals surface area contributed by atoms with Gasteiger partial charge in [0.05, 0.1) is 12.7 Å². The molecule has 0 bridgehead atoms. The van der Waals surface area contributed by atoms with E-state index >= 15 is 0 Å². The monoisotopic (exact) mass is 221 g/mol. The quantitative estimate of drug-likeness (QED) is 0.750. The van der Waals surface area contributed by atoms with Gasteiger partial charge in [-0.05, 0) is 19.1 Å². The van der Waals surface area contributed by atoms with Gasteiger partial charge in [-0.3, -0.25) is 4.79 Å². The van der Waals surface area contributed by atoms with Crippen molar-refractivity contribution in [2.45, 2.75) is 13.0 Å². The SMILES string of the molecule is CC1CN(C(=O)c2ccnc(N)c2)CCO1. The van der Waals surface area contributed by atoms with Crippen LogP contribution in [0.2, 0.25) is 0 Å². The molecule has 16 heavy (non-hydrogen) atoms. The summed E-state index contributed by atoms with van der Waals surface area (Å²) in [5.41, 5.74) is 6.13. The molecule has 1 saturated heterocycles. The Bertz CT molecular complexity index is 395. The number of aromatic nitrogens is 1. The highest BCUT2D eigenvalue weighted by Gasteiger charge is 2.22. The molecule has 2 heterocycles. The number of nitrogens with two attached hydrogens (primary N) is 1. The van der Waals surface area contributed by atoms with E-state index < -0.39 is 0 Å². The third kappa shape index (κ3) is 2.30. The lowest BCUT2D eigenvalue weighted by Crippen LogP contribution is -2.44. The van der Waals surface area contributed by atoms with Gasteiger partial charge in [0.15, 0.2) is 0 Å². The van der Waals surface area contributed by atoms with Crippen molar-refractivity contribution in [3.8, 4) is 0 Å². The normalized spacial score (nSPS) is 20.8. The lowest BCUT2D eigenvalue weighted by Gasteiger charge is -2.31. The Hall–Kier alpha value is -1.62. The average Bonchev–Trinajstić information content (AvgIpc) is 2.28. The van der Waals surface area contributed by atoms with Crippen LogP contribution in [0.3, 0.4) is 0 Å². The number of carbonyl (C=O) groups is 1. The average molecular weight is 221 g/mol. The molecule has 5 nitrogen and oxygen atoms in total. The van der Waals surface area contributed by atoms with E-state index in [0.717, 1.165) is 0 Å². The first-order chi connectivity index (χ1) is 7.66. The molecule has 1 aliphatic heterocycles. The second kappa shape index (κ2) is 4.49. The number of nitrogen functional groups attached to an aromatic ring is 1. The predicted molar refractivity (Wildman–Crippen MR) is 60.0 cm³/mol. The van der Waals surface area contributed by atoms with Gasteiger partial charge in [-0.2, -0.15) is 0 Å². The zero-order valence-electron chi connectivity index (χ0n) is 9.22. The fraction of sp³-hybridized carbons (Fsp3) is 0.455. The van der Waals surface area contributed by atoms with Crippen LogP contribution in [-0.2, 0) is 4.74 Å². The summed E-state index contributed by atoms with van der Waals surface area (Å²) in [5.74, 6) is 0.358. The van der Waals surface area contributed by atoms with Gasteiger partial charge in [0, 0.05) is 24.8 Å². The Morgan fingerprint density at radius 3 is 3.19 bits per heavy atom. The smallest absolute Gasteiger partial charge is 0.254 e. The van der Waals surface area contributed by atoms with Gasteiger partial charge in [0.25, 0.3) is 5.91 Å². The maximum atomic E-state index is 12.1. The Morgan fingerprint density at radius 2 is 2.50 bits per heavy atom. The molecule has 0 radical (unpaired) electrons. The molecule has 1 aliphatic rings. The number of rotatable bonds is 1. The van der Waals surface area contributed by atoms with E-state index in [9.17, 15) is 4.79 Å². The first-order valence-corrected chi connectivity index (χ1v) is 5.29. The molecule has 1 unspecified atom stereocenters. The minimum atomic E-state index is -0.00995. The van der Waals surface area contributed by atoms with Crippen molar-refractivity contribution in [3.63, 3.8) is 0 Å². The number of carbonyl (C=O) groups excluding carboxylic acids is 1. The van der Waals surface area contributed by atoms with E-state index in [0.29, 0.717) is 31.1 Å². The van der Waals surface area contributed by atoms with Crippen LogP contribution in [-0.4, -0.2) is 41.6 Å². The van der Waals surface area contributed by atoms with E-state index in [1.807, 2.05) is 6.92 Å². The van der Waals surface area contributed by atoms with Crippen molar-refractivity contribution in [1.82, 2.24) is 9.88 Å². The van der Waals surface area contributed by atoms with Crippen LogP contribution >= 0.6 is 0 Å². The molecular formula is C11H15N3O2. The first kappa shape index (κ1) is 10.9. The van der Waals surface area contributed by atoms with E-state index in [-0.39, 0.29) is 12.0 Å². The van der Waals surface area contributed by atoms with Gasteiger partial charge in [0.1, 0.15) is 5.82 Å². The molecule has 1 fully saturated rings. The number of amides is 1. The largest absolute Gasteiger partial charge is 0.384 e. The molecular weight excluding hydrogens is 206 g/mol. The van der Waals surface area contributed by atoms with Crippen LogP contribution in [0.4, 0.5) is 5.82 Å². The fourth-order valence-corrected chi connectivity index (χ4v) is 1.77. The summed E-state index contributed by atoms with van der Waals surface area (Å²) in [6, 6.07) is 3.28. The third-order valence-electron chi connectivity index (χ3n) is 2.56. The van der Waals surface area contributed by atoms with Crippen molar-refractivity contribution >= 4 is 11.7 Å². The molecule has 1 aromatic rings. The number of nitrogens with zero attached hydrogens (tertiary/aromatic N) is 2. The highest BCUT2D eigenvalue weighted by Crippen LogP contribution is 2.11. The van der Waals surface area contributed by atoms with Gasteiger partial charge >= 0.3 is 0 Å². The van der Waals surface area contributed by atoms with Gasteiger partial charge in [-0.1, -0.05) is 0 Å². The van der Waals surface area contributed by atoms with Crippen molar-refractivity contribution in [2.75, 3.05) is 25.4 Å². The minimum Gasteiger partial charge on any atom is -0.384 e. The van der Waals surface area contributed by atoms with Crippen LogP contribution in [0.15, 0.2) is 18.3 Å². The maximum absolute atomic E-state index is 12.1. The fourth-order valence-electron chi connectivity index (χ4n) is 1.77.